The van der Waals surface area contributed by atoms with Crippen molar-refractivity contribution in [3.63, 3.8) is 0 Å². The van der Waals surface area contributed by atoms with Crippen LogP contribution in [0.2, 0.25) is 0 Å². The molecule has 1 aliphatic heterocycles. The Bertz CT molecular complexity index is 1130. The highest BCUT2D eigenvalue weighted by molar-refractivity contribution is 6.14. The normalized spacial score (nSPS) is 16.0. The number of benzene rings is 2. The van der Waals surface area contributed by atoms with Crippen LogP contribution in [-0.2, 0) is 11.8 Å². The summed E-state index contributed by atoms with van der Waals surface area (Å²) in [5.41, 5.74) is 7.92. The standard InChI is InChI=1S/C21H20N2/c1-12-9-10-14-11-21(3,4)19-13(2)22-20-16-8-6-5-7-15(16)17(12)18(14)23(19)20/h5-10H,11H2,1-4H3. The summed E-state index contributed by atoms with van der Waals surface area (Å²) in [5.74, 6) is 0. The van der Waals surface area contributed by atoms with E-state index in [2.05, 4.69) is 68.5 Å². The van der Waals surface area contributed by atoms with E-state index in [9.17, 15) is 0 Å². The minimum atomic E-state index is 0.112. The summed E-state index contributed by atoms with van der Waals surface area (Å²) in [7, 11) is 0. The molecule has 23 heavy (non-hydrogen) atoms. The number of hydrogen-bond acceptors (Lipinski definition) is 1. The van der Waals surface area contributed by atoms with E-state index in [1.807, 2.05) is 0 Å². The number of pyridine rings is 1. The average molecular weight is 300 g/mol. The number of nitrogens with zero attached hydrogens (tertiary/aromatic N) is 2. The fraction of sp³-hybridized carbons (Fsp3) is 0.286. The highest BCUT2D eigenvalue weighted by Crippen LogP contribution is 2.43. The van der Waals surface area contributed by atoms with Gasteiger partial charge in [0.05, 0.1) is 16.9 Å². The van der Waals surface area contributed by atoms with Crippen molar-refractivity contribution in [2.45, 2.75) is 39.5 Å². The number of aromatic nitrogens is 2. The van der Waals surface area contributed by atoms with E-state index in [1.54, 1.807) is 0 Å². The van der Waals surface area contributed by atoms with Gasteiger partial charge in [0, 0.05) is 16.2 Å². The monoisotopic (exact) mass is 300 g/mol. The lowest BCUT2D eigenvalue weighted by Crippen LogP contribution is -2.28. The Hall–Kier alpha value is -2.35. The van der Waals surface area contributed by atoms with Crippen molar-refractivity contribution in [2.24, 2.45) is 0 Å². The van der Waals surface area contributed by atoms with Crippen molar-refractivity contribution in [3.05, 3.63) is 58.9 Å². The summed E-state index contributed by atoms with van der Waals surface area (Å²) in [6, 6.07) is 13.3. The van der Waals surface area contributed by atoms with Crippen molar-refractivity contribution in [1.29, 1.82) is 0 Å². The van der Waals surface area contributed by atoms with Crippen LogP contribution in [0, 0.1) is 13.8 Å². The third-order valence-electron chi connectivity index (χ3n) is 5.46. The van der Waals surface area contributed by atoms with Crippen LogP contribution >= 0.6 is 0 Å². The highest BCUT2D eigenvalue weighted by atomic mass is 15.0. The van der Waals surface area contributed by atoms with Gasteiger partial charge < -0.3 is 0 Å². The molecule has 0 aliphatic carbocycles. The van der Waals surface area contributed by atoms with E-state index >= 15 is 0 Å². The van der Waals surface area contributed by atoms with Crippen molar-refractivity contribution in [3.8, 4) is 0 Å². The maximum Gasteiger partial charge on any atom is 0.145 e. The van der Waals surface area contributed by atoms with Crippen molar-refractivity contribution in [2.75, 3.05) is 0 Å². The molecule has 0 spiro atoms. The largest absolute Gasteiger partial charge is 0.295 e. The van der Waals surface area contributed by atoms with Gasteiger partial charge in [0.15, 0.2) is 0 Å². The maximum atomic E-state index is 4.98. The summed E-state index contributed by atoms with van der Waals surface area (Å²) in [6.45, 7) is 9.06. The molecule has 0 bridgehead atoms. The first-order valence-electron chi connectivity index (χ1n) is 8.31. The van der Waals surface area contributed by atoms with Gasteiger partial charge in [-0.25, -0.2) is 4.98 Å². The fourth-order valence-corrected chi connectivity index (χ4v) is 4.65. The zero-order valence-electron chi connectivity index (χ0n) is 14.1. The van der Waals surface area contributed by atoms with E-state index in [-0.39, 0.29) is 5.41 Å². The second kappa shape index (κ2) is 3.94. The van der Waals surface area contributed by atoms with Crippen LogP contribution in [0.15, 0.2) is 36.4 Å². The van der Waals surface area contributed by atoms with E-state index in [0.717, 1.165) is 12.1 Å². The Morgan fingerprint density at radius 1 is 1.00 bits per heavy atom. The Morgan fingerprint density at radius 3 is 2.52 bits per heavy atom. The van der Waals surface area contributed by atoms with Crippen LogP contribution < -0.4 is 0 Å². The molecule has 0 atom stereocenters. The smallest absolute Gasteiger partial charge is 0.145 e. The van der Waals surface area contributed by atoms with E-state index in [4.69, 9.17) is 4.98 Å². The van der Waals surface area contributed by atoms with Gasteiger partial charge in [-0.3, -0.25) is 4.40 Å². The lowest BCUT2D eigenvalue weighted by Gasteiger charge is -2.32. The zero-order chi connectivity index (χ0) is 15.9. The average Bonchev–Trinajstić information content (AvgIpc) is 2.87. The summed E-state index contributed by atoms with van der Waals surface area (Å²) in [5, 5.41) is 3.97. The van der Waals surface area contributed by atoms with Gasteiger partial charge in [-0.15, -0.1) is 0 Å². The summed E-state index contributed by atoms with van der Waals surface area (Å²) < 4.78 is 2.44. The third kappa shape index (κ3) is 1.46. The number of hydrogen-bond donors (Lipinski definition) is 0. The van der Waals surface area contributed by atoms with Crippen molar-refractivity contribution < 1.29 is 0 Å². The number of rotatable bonds is 0. The summed E-state index contributed by atoms with van der Waals surface area (Å²) in [4.78, 5) is 4.98. The van der Waals surface area contributed by atoms with Crippen LogP contribution in [0.1, 0.15) is 36.4 Å². The molecular formula is C21H20N2. The van der Waals surface area contributed by atoms with Crippen LogP contribution in [-0.4, -0.2) is 9.38 Å². The Balaban J connectivity index is 2.24. The van der Waals surface area contributed by atoms with Crippen LogP contribution in [0.25, 0.3) is 27.3 Å². The number of fused-ring (bicyclic) bond motifs is 3. The van der Waals surface area contributed by atoms with Crippen LogP contribution in [0.3, 0.4) is 0 Å². The number of imidazole rings is 1. The molecule has 2 nitrogen and oxygen atoms in total. The van der Waals surface area contributed by atoms with Gasteiger partial charge in [-0.1, -0.05) is 50.2 Å². The summed E-state index contributed by atoms with van der Waals surface area (Å²) in [6.07, 6.45) is 1.07. The zero-order valence-corrected chi connectivity index (χ0v) is 14.1. The number of aryl methyl sites for hydroxylation is 2. The van der Waals surface area contributed by atoms with Crippen molar-refractivity contribution in [1.82, 2.24) is 9.38 Å². The van der Waals surface area contributed by atoms with E-state index in [0.29, 0.717) is 0 Å². The Morgan fingerprint density at radius 2 is 1.74 bits per heavy atom. The van der Waals surface area contributed by atoms with Gasteiger partial charge >= 0.3 is 0 Å². The molecule has 0 radical (unpaired) electrons. The molecule has 3 heterocycles. The molecule has 2 aromatic heterocycles. The molecule has 0 unspecified atom stereocenters. The Labute approximate surface area is 135 Å². The van der Waals surface area contributed by atoms with Gasteiger partial charge in [0.25, 0.3) is 0 Å². The topological polar surface area (TPSA) is 17.3 Å². The lowest BCUT2D eigenvalue weighted by atomic mass is 9.78. The Kier molecular flexibility index (Phi) is 2.25. The minimum Gasteiger partial charge on any atom is -0.295 e. The van der Waals surface area contributed by atoms with Crippen LogP contribution in [0.4, 0.5) is 0 Å². The second-order valence-electron chi connectivity index (χ2n) is 7.58. The SMILES string of the molecule is Cc1nc2c3ccccc3c3c(C)ccc4c3n2c1C(C)(C)C4. The molecule has 2 aromatic carbocycles. The maximum absolute atomic E-state index is 4.98. The van der Waals surface area contributed by atoms with Gasteiger partial charge in [-0.05, 0) is 36.8 Å². The molecule has 114 valence electrons. The molecular weight excluding hydrogens is 280 g/mol. The molecule has 4 aromatic rings. The van der Waals surface area contributed by atoms with E-state index in [1.165, 1.54) is 44.2 Å². The first kappa shape index (κ1) is 13.1. The fourth-order valence-electron chi connectivity index (χ4n) is 4.65. The second-order valence-corrected chi connectivity index (χ2v) is 7.58. The molecule has 5 rings (SSSR count). The first-order valence-corrected chi connectivity index (χ1v) is 8.31. The molecule has 1 aliphatic rings. The first-order chi connectivity index (χ1) is 11.0. The highest BCUT2D eigenvalue weighted by Gasteiger charge is 2.34. The molecule has 0 N–H and O–H groups in total. The quantitative estimate of drug-likeness (QED) is 0.413. The summed E-state index contributed by atoms with van der Waals surface area (Å²) >= 11 is 0. The molecule has 2 heteroatoms. The molecule has 0 saturated heterocycles. The molecule has 0 fully saturated rings. The van der Waals surface area contributed by atoms with E-state index < -0.39 is 0 Å². The predicted molar refractivity (Wildman–Crippen MR) is 96.4 cm³/mol. The predicted octanol–water partition coefficient (Wildman–Crippen LogP) is 5.09. The molecule has 0 amide bonds. The van der Waals surface area contributed by atoms with Gasteiger partial charge in [-0.2, -0.15) is 0 Å². The van der Waals surface area contributed by atoms with Crippen LogP contribution in [0.5, 0.6) is 0 Å². The van der Waals surface area contributed by atoms with Gasteiger partial charge in [0.2, 0.25) is 0 Å². The van der Waals surface area contributed by atoms with Crippen molar-refractivity contribution >= 4 is 27.3 Å². The third-order valence-corrected chi connectivity index (χ3v) is 5.46. The van der Waals surface area contributed by atoms with Gasteiger partial charge in [0.1, 0.15) is 5.65 Å². The molecule has 0 saturated carbocycles. The minimum absolute atomic E-state index is 0.112. The lowest BCUT2D eigenvalue weighted by molar-refractivity contribution is 0.491.